The van der Waals surface area contributed by atoms with Gasteiger partial charge in [-0.05, 0) is 19.1 Å². The highest BCUT2D eigenvalue weighted by molar-refractivity contribution is 5.95. The maximum atomic E-state index is 12.5. The molecule has 0 bridgehead atoms. The molecule has 0 radical (unpaired) electrons. The van der Waals surface area contributed by atoms with E-state index in [1.165, 1.54) is 11.9 Å². The van der Waals surface area contributed by atoms with Crippen LogP contribution in [0.3, 0.4) is 0 Å². The first kappa shape index (κ1) is 17.7. The zero-order valence-electron chi connectivity index (χ0n) is 14.6. The summed E-state index contributed by atoms with van der Waals surface area (Å²) in [6.07, 6.45) is 1.68. The normalized spacial score (nSPS) is 16.8. The van der Waals surface area contributed by atoms with Crippen molar-refractivity contribution in [3.8, 4) is 0 Å². The van der Waals surface area contributed by atoms with Gasteiger partial charge in [-0.2, -0.15) is 0 Å². The lowest BCUT2D eigenvalue weighted by atomic mass is 10.1. The van der Waals surface area contributed by atoms with E-state index in [9.17, 15) is 14.4 Å². The molecule has 0 saturated carbocycles. The molecule has 3 heterocycles. The molecule has 26 heavy (non-hydrogen) atoms. The molecule has 1 fully saturated rings. The minimum absolute atomic E-state index is 0.101. The molecular weight excluding hydrogens is 340 g/mol. The van der Waals surface area contributed by atoms with Gasteiger partial charge in [-0.1, -0.05) is 5.16 Å². The Morgan fingerprint density at radius 1 is 1.46 bits per heavy atom. The van der Waals surface area contributed by atoms with E-state index in [1.807, 2.05) is 0 Å². The van der Waals surface area contributed by atoms with Crippen LogP contribution in [-0.4, -0.2) is 52.8 Å². The Morgan fingerprint density at radius 2 is 2.27 bits per heavy atom. The molecule has 1 atom stereocenters. The van der Waals surface area contributed by atoms with Gasteiger partial charge in [0.2, 0.25) is 17.7 Å². The lowest BCUT2D eigenvalue weighted by Gasteiger charge is -2.20. The summed E-state index contributed by atoms with van der Waals surface area (Å²) in [5, 5.41) is 6.23. The van der Waals surface area contributed by atoms with Crippen molar-refractivity contribution < 1.29 is 23.3 Å². The molecule has 1 aliphatic rings. The Kier molecular flexibility index (Phi) is 5.06. The van der Waals surface area contributed by atoms with Crippen LogP contribution in [-0.2, 0) is 20.9 Å². The minimum Gasteiger partial charge on any atom is -0.467 e. The van der Waals surface area contributed by atoms with Gasteiger partial charge in [-0.25, -0.2) is 0 Å². The topological polar surface area (TPSA) is 109 Å². The Morgan fingerprint density at radius 3 is 2.92 bits per heavy atom. The number of anilines is 1. The first-order chi connectivity index (χ1) is 12.4. The zero-order valence-corrected chi connectivity index (χ0v) is 14.6. The summed E-state index contributed by atoms with van der Waals surface area (Å²) in [5.41, 5.74) is 0. The second-order valence-corrected chi connectivity index (χ2v) is 6.32. The van der Waals surface area contributed by atoms with Crippen LogP contribution in [0.4, 0.5) is 5.82 Å². The number of likely N-dealkylation sites (N-methyl/N-ethyl adjacent to an activating group) is 1. The standard InChI is InChI=1S/C17H20N4O5/c1-11-6-14(19-26-11)18-15(22)10-20(2)17(24)12-7-16(23)21(8-12)9-13-4-3-5-25-13/h3-6,12H,7-10H2,1-2H3,(H,18,19,22). The predicted octanol–water partition coefficient (Wildman–Crippen LogP) is 1.02. The molecule has 2 aromatic heterocycles. The highest BCUT2D eigenvalue weighted by Crippen LogP contribution is 2.22. The molecule has 1 N–H and O–H groups in total. The summed E-state index contributed by atoms with van der Waals surface area (Å²) in [5.74, 6) is 0.347. The first-order valence-corrected chi connectivity index (χ1v) is 8.20. The number of aryl methyl sites for hydroxylation is 1. The van der Waals surface area contributed by atoms with Crippen LogP contribution < -0.4 is 5.32 Å². The molecule has 3 rings (SSSR count). The number of nitrogens with zero attached hydrogens (tertiary/aromatic N) is 3. The average Bonchev–Trinajstić information content (AvgIpc) is 3.31. The van der Waals surface area contributed by atoms with Crippen LogP contribution in [0.2, 0.25) is 0 Å². The lowest BCUT2D eigenvalue weighted by Crippen LogP contribution is -2.39. The van der Waals surface area contributed by atoms with Crippen LogP contribution in [0.1, 0.15) is 17.9 Å². The van der Waals surface area contributed by atoms with E-state index in [2.05, 4.69) is 10.5 Å². The fraction of sp³-hybridized carbons (Fsp3) is 0.412. The van der Waals surface area contributed by atoms with E-state index in [4.69, 9.17) is 8.94 Å². The molecule has 9 heteroatoms. The summed E-state index contributed by atoms with van der Waals surface area (Å²) < 4.78 is 10.1. The van der Waals surface area contributed by atoms with Crippen LogP contribution in [0.15, 0.2) is 33.4 Å². The summed E-state index contributed by atoms with van der Waals surface area (Å²) >= 11 is 0. The van der Waals surface area contributed by atoms with Crippen molar-refractivity contribution in [1.29, 1.82) is 0 Å². The third-order valence-electron chi connectivity index (χ3n) is 4.14. The Bertz CT molecular complexity index is 798. The summed E-state index contributed by atoms with van der Waals surface area (Å²) in [6, 6.07) is 5.12. The van der Waals surface area contributed by atoms with Gasteiger partial charge in [0.05, 0.1) is 25.3 Å². The number of nitrogens with one attached hydrogen (secondary N) is 1. The van der Waals surface area contributed by atoms with E-state index in [0.29, 0.717) is 30.4 Å². The fourth-order valence-corrected chi connectivity index (χ4v) is 2.89. The molecule has 9 nitrogen and oxygen atoms in total. The summed E-state index contributed by atoms with van der Waals surface area (Å²) in [6.45, 7) is 2.23. The van der Waals surface area contributed by atoms with E-state index in [-0.39, 0.29) is 30.7 Å². The Labute approximate surface area is 149 Å². The largest absolute Gasteiger partial charge is 0.467 e. The SMILES string of the molecule is Cc1cc(NC(=O)CN(C)C(=O)C2CC(=O)N(Cc3ccco3)C2)no1. The number of carbonyl (C=O) groups is 3. The van der Waals surface area contributed by atoms with Crippen molar-refractivity contribution in [3.05, 3.63) is 36.0 Å². The molecule has 1 saturated heterocycles. The van der Waals surface area contributed by atoms with Gasteiger partial charge in [-0.15, -0.1) is 0 Å². The van der Waals surface area contributed by atoms with E-state index in [0.717, 1.165) is 0 Å². The second-order valence-electron chi connectivity index (χ2n) is 6.32. The molecular formula is C17H20N4O5. The number of likely N-dealkylation sites (tertiary alicyclic amines) is 1. The Balaban J connectivity index is 1.51. The molecule has 0 aromatic carbocycles. The van der Waals surface area contributed by atoms with E-state index >= 15 is 0 Å². The van der Waals surface area contributed by atoms with Gasteiger partial charge in [0.1, 0.15) is 11.5 Å². The highest BCUT2D eigenvalue weighted by atomic mass is 16.5. The quantitative estimate of drug-likeness (QED) is 0.824. The molecule has 1 aliphatic heterocycles. The van der Waals surface area contributed by atoms with Crippen molar-refractivity contribution in [2.24, 2.45) is 5.92 Å². The van der Waals surface area contributed by atoms with Crippen LogP contribution >= 0.6 is 0 Å². The predicted molar refractivity (Wildman–Crippen MR) is 89.7 cm³/mol. The van der Waals surface area contributed by atoms with Crippen LogP contribution in [0.5, 0.6) is 0 Å². The number of amides is 3. The number of hydrogen-bond acceptors (Lipinski definition) is 6. The summed E-state index contributed by atoms with van der Waals surface area (Å²) in [7, 11) is 1.54. The lowest BCUT2D eigenvalue weighted by molar-refractivity contribution is -0.137. The zero-order chi connectivity index (χ0) is 18.7. The first-order valence-electron chi connectivity index (χ1n) is 8.20. The van der Waals surface area contributed by atoms with Gasteiger partial charge < -0.3 is 24.1 Å². The smallest absolute Gasteiger partial charge is 0.245 e. The minimum atomic E-state index is -0.468. The third kappa shape index (κ3) is 4.11. The molecule has 3 amide bonds. The number of hydrogen-bond donors (Lipinski definition) is 1. The molecule has 0 spiro atoms. The second kappa shape index (κ2) is 7.42. The van der Waals surface area contributed by atoms with Gasteiger partial charge in [0.15, 0.2) is 5.82 Å². The fourth-order valence-electron chi connectivity index (χ4n) is 2.89. The van der Waals surface area contributed by atoms with Gasteiger partial charge in [0, 0.05) is 26.1 Å². The van der Waals surface area contributed by atoms with Crippen molar-refractivity contribution in [2.75, 3.05) is 25.5 Å². The van der Waals surface area contributed by atoms with Crippen LogP contribution in [0, 0.1) is 12.8 Å². The monoisotopic (exact) mass is 360 g/mol. The summed E-state index contributed by atoms with van der Waals surface area (Å²) in [4.78, 5) is 39.6. The third-order valence-corrected chi connectivity index (χ3v) is 4.14. The van der Waals surface area contributed by atoms with Crippen molar-refractivity contribution >= 4 is 23.5 Å². The average molecular weight is 360 g/mol. The van der Waals surface area contributed by atoms with Crippen LogP contribution in [0.25, 0.3) is 0 Å². The highest BCUT2D eigenvalue weighted by Gasteiger charge is 2.36. The van der Waals surface area contributed by atoms with E-state index < -0.39 is 5.92 Å². The van der Waals surface area contributed by atoms with Crippen molar-refractivity contribution in [3.63, 3.8) is 0 Å². The number of furan rings is 1. The molecule has 0 aliphatic carbocycles. The number of aromatic nitrogens is 1. The Hall–Kier alpha value is -3.10. The molecule has 2 aromatic rings. The number of rotatable bonds is 6. The van der Waals surface area contributed by atoms with Crippen molar-refractivity contribution in [1.82, 2.24) is 15.0 Å². The molecule has 138 valence electrons. The maximum absolute atomic E-state index is 12.5. The van der Waals surface area contributed by atoms with Gasteiger partial charge in [-0.3, -0.25) is 14.4 Å². The van der Waals surface area contributed by atoms with Gasteiger partial charge >= 0.3 is 0 Å². The van der Waals surface area contributed by atoms with Crippen molar-refractivity contribution in [2.45, 2.75) is 19.9 Å². The van der Waals surface area contributed by atoms with E-state index in [1.54, 1.807) is 36.3 Å². The maximum Gasteiger partial charge on any atom is 0.245 e. The van der Waals surface area contributed by atoms with Gasteiger partial charge in [0.25, 0.3) is 0 Å². The number of carbonyl (C=O) groups excluding carboxylic acids is 3. The molecule has 1 unspecified atom stereocenters.